The minimum absolute atomic E-state index is 0.0136. The first-order valence-electron chi connectivity index (χ1n) is 15.7. The van der Waals surface area contributed by atoms with E-state index in [1.165, 1.54) is 0 Å². The first-order chi connectivity index (χ1) is 22.4. The molecule has 0 aromatic heterocycles. The zero-order chi connectivity index (χ0) is 32.3. The van der Waals surface area contributed by atoms with E-state index in [0.717, 1.165) is 22.3 Å². The molecule has 0 saturated carbocycles. The SMILES string of the molecule is O=C1N[C@@H](C(=O)OCc2ccccc2)COC(=O)[C@@H](Cc2ccccc2)CC=CC[C@@H]1CC(=O)N1Cc2ccccc2C[C@H]1CO. The van der Waals surface area contributed by atoms with Gasteiger partial charge in [0.25, 0.3) is 0 Å². The van der Waals surface area contributed by atoms with Gasteiger partial charge in [-0.1, -0.05) is 97.1 Å². The molecule has 3 aromatic rings. The van der Waals surface area contributed by atoms with Gasteiger partial charge in [-0.2, -0.15) is 0 Å². The Morgan fingerprint density at radius 1 is 0.848 bits per heavy atom. The van der Waals surface area contributed by atoms with E-state index in [1.54, 1.807) is 4.90 Å². The number of rotatable bonds is 8. The summed E-state index contributed by atoms with van der Waals surface area (Å²) in [6, 6.07) is 24.9. The minimum atomic E-state index is -1.26. The number of aliphatic hydroxyl groups excluding tert-OH is 1. The van der Waals surface area contributed by atoms with Crippen LogP contribution in [0.25, 0.3) is 0 Å². The molecule has 2 N–H and O–H groups in total. The van der Waals surface area contributed by atoms with Gasteiger partial charge in [0, 0.05) is 13.0 Å². The lowest BCUT2D eigenvalue weighted by molar-refractivity contribution is -0.157. The number of hydrogen-bond acceptors (Lipinski definition) is 7. The number of aliphatic hydroxyl groups is 1. The highest BCUT2D eigenvalue weighted by atomic mass is 16.6. The maximum absolute atomic E-state index is 13.7. The van der Waals surface area contributed by atoms with Crippen molar-refractivity contribution < 1.29 is 33.8 Å². The maximum Gasteiger partial charge on any atom is 0.332 e. The van der Waals surface area contributed by atoms with E-state index < -0.39 is 48.4 Å². The molecule has 0 spiro atoms. The third-order valence-corrected chi connectivity index (χ3v) is 8.56. The van der Waals surface area contributed by atoms with Crippen molar-refractivity contribution in [2.75, 3.05) is 13.2 Å². The normalized spacial score (nSPS) is 22.0. The van der Waals surface area contributed by atoms with Gasteiger partial charge in [-0.15, -0.1) is 0 Å². The quantitative estimate of drug-likeness (QED) is 0.288. The average molecular weight is 625 g/mol. The van der Waals surface area contributed by atoms with E-state index >= 15 is 0 Å². The van der Waals surface area contributed by atoms with Crippen LogP contribution in [0.2, 0.25) is 0 Å². The number of cyclic esters (lactones) is 1. The molecule has 9 nitrogen and oxygen atoms in total. The molecular formula is C37H40N2O7. The second-order valence-electron chi connectivity index (χ2n) is 11.8. The van der Waals surface area contributed by atoms with Crippen molar-refractivity contribution in [1.29, 1.82) is 0 Å². The summed E-state index contributed by atoms with van der Waals surface area (Å²) < 4.78 is 11.1. The lowest BCUT2D eigenvalue weighted by Crippen LogP contribution is -2.50. The Kier molecular flexibility index (Phi) is 11.3. The fraction of sp³-hybridized carbons (Fsp3) is 0.351. The summed E-state index contributed by atoms with van der Waals surface area (Å²) in [5.41, 5.74) is 3.84. The second-order valence-corrected chi connectivity index (χ2v) is 11.8. The molecule has 0 aliphatic carbocycles. The van der Waals surface area contributed by atoms with Crippen molar-refractivity contribution >= 4 is 23.8 Å². The first-order valence-corrected chi connectivity index (χ1v) is 15.7. The van der Waals surface area contributed by atoms with E-state index in [2.05, 4.69) is 5.32 Å². The van der Waals surface area contributed by atoms with Crippen molar-refractivity contribution in [2.45, 2.75) is 57.3 Å². The molecule has 2 heterocycles. The Hall–Kier alpha value is -4.76. The number of ether oxygens (including phenoxy) is 2. The summed E-state index contributed by atoms with van der Waals surface area (Å²) in [5.74, 6) is -3.30. The topological polar surface area (TPSA) is 122 Å². The van der Waals surface area contributed by atoms with Crippen LogP contribution in [0.4, 0.5) is 0 Å². The molecule has 0 fully saturated rings. The van der Waals surface area contributed by atoms with Gasteiger partial charge < -0.3 is 24.8 Å². The van der Waals surface area contributed by atoms with Gasteiger partial charge in [-0.05, 0) is 47.9 Å². The third-order valence-electron chi connectivity index (χ3n) is 8.56. The smallest absolute Gasteiger partial charge is 0.332 e. The van der Waals surface area contributed by atoms with Crippen molar-refractivity contribution in [3.05, 3.63) is 119 Å². The molecule has 46 heavy (non-hydrogen) atoms. The van der Waals surface area contributed by atoms with Crippen LogP contribution < -0.4 is 5.32 Å². The molecule has 2 amide bonds. The maximum atomic E-state index is 13.7. The summed E-state index contributed by atoms with van der Waals surface area (Å²) in [6.07, 6.45) is 5.11. The number of benzene rings is 3. The van der Waals surface area contributed by atoms with E-state index in [4.69, 9.17) is 9.47 Å². The number of amides is 2. The Morgan fingerprint density at radius 2 is 1.48 bits per heavy atom. The number of fused-ring (bicyclic) bond motifs is 1. The van der Waals surface area contributed by atoms with Crippen LogP contribution in [0.3, 0.4) is 0 Å². The number of nitrogens with zero attached hydrogens (tertiary/aromatic N) is 1. The highest BCUT2D eigenvalue weighted by Crippen LogP contribution is 2.26. The van der Waals surface area contributed by atoms with Crippen LogP contribution in [-0.4, -0.2) is 59.1 Å². The lowest BCUT2D eigenvalue weighted by atomic mass is 9.92. The minimum Gasteiger partial charge on any atom is -0.463 e. The van der Waals surface area contributed by atoms with Crippen LogP contribution in [0, 0.1) is 11.8 Å². The summed E-state index contributed by atoms with van der Waals surface area (Å²) in [5, 5.41) is 12.8. The van der Waals surface area contributed by atoms with E-state index in [1.807, 2.05) is 97.1 Å². The van der Waals surface area contributed by atoms with Gasteiger partial charge in [0.15, 0.2) is 6.04 Å². The molecule has 0 bridgehead atoms. The largest absolute Gasteiger partial charge is 0.463 e. The van der Waals surface area contributed by atoms with Crippen LogP contribution in [0.15, 0.2) is 97.1 Å². The fourth-order valence-electron chi connectivity index (χ4n) is 5.91. The van der Waals surface area contributed by atoms with Gasteiger partial charge in [-0.25, -0.2) is 4.79 Å². The molecule has 3 aromatic carbocycles. The van der Waals surface area contributed by atoms with Gasteiger partial charge in [0.1, 0.15) is 13.2 Å². The molecule has 9 heteroatoms. The van der Waals surface area contributed by atoms with E-state index in [0.29, 0.717) is 25.8 Å². The van der Waals surface area contributed by atoms with E-state index in [-0.39, 0.29) is 32.0 Å². The molecule has 0 radical (unpaired) electrons. The van der Waals surface area contributed by atoms with Crippen molar-refractivity contribution in [3.8, 4) is 0 Å². The number of hydrogen-bond donors (Lipinski definition) is 2. The Morgan fingerprint density at radius 3 is 2.17 bits per heavy atom. The molecule has 4 atom stereocenters. The van der Waals surface area contributed by atoms with Gasteiger partial charge in [-0.3, -0.25) is 14.4 Å². The first kappa shape index (κ1) is 32.6. The average Bonchev–Trinajstić information content (AvgIpc) is 3.09. The summed E-state index contributed by atoms with van der Waals surface area (Å²) in [7, 11) is 0. The monoisotopic (exact) mass is 624 g/mol. The fourth-order valence-corrected chi connectivity index (χ4v) is 5.91. The number of carbonyl (C=O) groups is 4. The molecule has 0 unspecified atom stereocenters. The van der Waals surface area contributed by atoms with Gasteiger partial charge in [0.05, 0.1) is 24.5 Å². The Balaban J connectivity index is 1.34. The lowest BCUT2D eigenvalue weighted by Gasteiger charge is -2.36. The van der Waals surface area contributed by atoms with Crippen LogP contribution >= 0.6 is 0 Å². The molecular weight excluding hydrogens is 584 g/mol. The highest BCUT2D eigenvalue weighted by molar-refractivity contribution is 5.89. The predicted octanol–water partition coefficient (Wildman–Crippen LogP) is 3.92. The van der Waals surface area contributed by atoms with Crippen molar-refractivity contribution in [1.82, 2.24) is 10.2 Å². The number of carbonyl (C=O) groups excluding carboxylic acids is 4. The Bertz CT molecular complexity index is 1520. The van der Waals surface area contributed by atoms with Gasteiger partial charge in [0.2, 0.25) is 11.8 Å². The Labute approximate surface area is 269 Å². The van der Waals surface area contributed by atoms with Gasteiger partial charge >= 0.3 is 11.9 Å². The number of allylic oxidation sites excluding steroid dienone is 2. The standard InChI is InChI=1S/C37H40N2O7/c40-23-32-20-28-15-7-10-18-31(28)22-39(32)34(41)21-29-16-8-9-17-30(19-26-11-3-1-4-12-26)36(43)46-25-33(38-35(29)42)37(44)45-24-27-13-5-2-6-14-27/h1-15,18,29-30,32-33,40H,16-17,19-25H2,(H,38,42)/t29-,30-,32+,33-/m1/s1. The third kappa shape index (κ3) is 8.69. The number of nitrogens with one attached hydrogen (secondary N) is 1. The summed E-state index contributed by atoms with van der Waals surface area (Å²) in [4.78, 5) is 55.4. The molecule has 240 valence electrons. The molecule has 2 aliphatic heterocycles. The van der Waals surface area contributed by atoms with Crippen LogP contribution in [-0.2, 0) is 54.6 Å². The summed E-state index contributed by atoms with van der Waals surface area (Å²) >= 11 is 0. The highest BCUT2D eigenvalue weighted by Gasteiger charge is 2.34. The second kappa shape index (κ2) is 16.0. The molecule has 5 rings (SSSR count). The zero-order valence-electron chi connectivity index (χ0n) is 25.8. The van der Waals surface area contributed by atoms with Crippen molar-refractivity contribution in [2.24, 2.45) is 11.8 Å². The van der Waals surface area contributed by atoms with E-state index in [9.17, 15) is 24.3 Å². The number of esters is 2. The van der Waals surface area contributed by atoms with Crippen LogP contribution in [0.5, 0.6) is 0 Å². The molecule has 0 saturated heterocycles. The zero-order valence-corrected chi connectivity index (χ0v) is 25.8. The van der Waals surface area contributed by atoms with Crippen molar-refractivity contribution in [3.63, 3.8) is 0 Å². The molecule has 2 aliphatic rings. The van der Waals surface area contributed by atoms with Crippen LogP contribution in [0.1, 0.15) is 41.5 Å². The predicted molar refractivity (Wildman–Crippen MR) is 171 cm³/mol. The summed E-state index contributed by atoms with van der Waals surface area (Å²) in [6.45, 7) is -0.264.